The summed E-state index contributed by atoms with van der Waals surface area (Å²) in [5.74, 6) is 0.717. The minimum Gasteiger partial charge on any atom is -0.228 e. The molecule has 1 aromatic heterocycles. The first-order chi connectivity index (χ1) is 27.7. The summed E-state index contributed by atoms with van der Waals surface area (Å²) in [6.07, 6.45) is 0. The van der Waals surface area contributed by atoms with Crippen molar-refractivity contribution in [1.29, 1.82) is 0 Å². The molecule has 0 aliphatic heterocycles. The summed E-state index contributed by atoms with van der Waals surface area (Å²) in [4.78, 5) is 10.2. The van der Waals surface area contributed by atoms with Gasteiger partial charge in [0.1, 0.15) is 0 Å². The fourth-order valence-corrected chi connectivity index (χ4v) is 8.44. The smallest absolute Gasteiger partial charge is 0.160 e. The molecular formula is C54H34N2. The van der Waals surface area contributed by atoms with Crippen LogP contribution in [0.3, 0.4) is 0 Å². The van der Waals surface area contributed by atoms with Gasteiger partial charge in [-0.15, -0.1) is 0 Å². The molecule has 0 N–H and O–H groups in total. The van der Waals surface area contributed by atoms with Crippen molar-refractivity contribution in [2.75, 3.05) is 0 Å². The van der Waals surface area contributed by atoms with E-state index in [-0.39, 0.29) is 0 Å². The van der Waals surface area contributed by atoms with Crippen molar-refractivity contribution in [2.24, 2.45) is 0 Å². The third-order valence-corrected chi connectivity index (χ3v) is 11.2. The molecule has 0 unspecified atom stereocenters. The van der Waals surface area contributed by atoms with Gasteiger partial charge in [0.2, 0.25) is 0 Å². The molecule has 0 fully saturated rings. The van der Waals surface area contributed by atoms with Crippen molar-refractivity contribution < 1.29 is 0 Å². The quantitative estimate of drug-likeness (QED) is 0.131. The van der Waals surface area contributed by atoms with Crippen LogP contribution in [0.15, 0.2) is 206 Å². The van der Waals surface area contributed by atoms with Crippen molar-refractivity contribution in [2.45, 2.75) is 0 Å². The zero-order valence-electron chi connectivity index (χ0n) is 30.5. The molecule has 0 spiro atoms. The van der Waals surface area contributed by atoms with Crippen molar-refractivity contribution in [3.8, 4) is 56.2 Å². The molecular weight excluding hydrogens is 677 g/mol. The van der Waals surface area contributed by atoms with E-state index in [1.165, 1.54) is 76.1 Å². The van der Waals surface area contributed by atoms with Gasteiger partial charge in [-0.1, -0.05) is 182 Å². The summed E-state index contributed by atoms with van der Waals surface area (Å²) in [7, 11) is 0. The zero-order valence-corrected chi connectivity index (χ0v) is 30.5. The molecule has 1 heterocycles. The largest absolute Gasteiger partial charge is 0.228 e. The molecule has 260 valence electrons. The summed E-state index contributed by atoms with van der Waals surface area (Å²) in [6, 6.07) is 74.1. The summed E-state index contributed by atoms with van der Waals surface area (Å²) in [5.41, 5.74) is 9.86. The molecule has 11 rings (SSSR count). The number of hydrogen-bond donors (Lipinski definition) is 0. The highest BCUT2D eigenvalue weighted by Crippen LogP contribution is 2.40. The topological polar surface area (TPSA) is 25.8 Å². The second-order valence-electron chi connectivity index (χ2n) is 14.6. The predicted octanol–water partition coefficient (Wildman–Crippen LogP) is 14.6. The number of benzene rings is 10. The Morgan fingerprint density at radius 2 is 0.821 bits per heavy atom. The van der Waals surface area contributed by atoms with E-state index in [9.17, 15) is 0 Å². The Balaban J connectivity index is 0.972. The Hall–Kier alpha value is -7.42. The first-order valence-corrected chi connectivity index (χ1v) is 19.1. The van der Waals surface area contributed by atoms with Gasteiger partial charge in [0.05, 0.1) is 11.4 Å². The molecule has 0 saturated heterocycles. The molecule has 0 amide bonds. The average molecular weight is 711 g/mol. The molecule has 0 aliphatic carbocycles. The summed E-state index contributed by atoms with van der Waals surface area (Å²) >= 11 is 0. The van der Waals surface area contributed by atoms with Crippen LogP contribution in [0.2, 0.25) is 0 Å². The molecule has 0 aliphatic rings. The standard InChI is InChI=1S/C54H34N2/c1-2-13-39(14-3-1)54-55-51(34-52(56-54)48-20-10-16-36-11-4-7-17-45(36)48)44-28-27-41-31-40(25-26-42(41)32-44)35-21-23-38(24-22-35)53-47-19-9-6-15-43(47)33-50-46-18-8-5-12-37(46)29-30-49(50)53/h1-34H. The van der Waals surface area contributed by atoms with E-state index in [0.29, 0.717) is 0 Å². The van der Waals surface area contributed by atoms with Crippen LogP contribution in [-0.4, -0.2) is 9.97 Å². The van der Waals surface area contributed by atoms with Crippen LogP contribution in [0.25, 0.3) is 110 Å². The molecule has 2 heteroatoms. The first-order valence-electron chi connectivity index (χ1n) is 19.1. The Kier molecular flexibility index (Phi) is 7.53. The summed E-state index contributed by atoms with van der Waals surface area (Å²) < 4.78 is 0. The van der Waals surface area contributed by atoms with E-state index >= 15 is 0 Å². The van der Waals surface area contributed by atoms with Crippen molar-refractivity contribution in [1.82, 2.24) is 9.97 Å². The fourth-order valence-electron chi connectivity index (χ4n) is 8.44. The van der Waals surface area contributed by atoms with E-state index in [1.807, 2.05) is 18.2 Å². The van der Waals surface area contributed by atoms with Gasteiger partial charge in [0.25, 0.3) is 0 Å². The van der Waals surface area contributed by atoms with Gasteiger partial charge >= 0.3 is 0 Å². The Morgan fingerprint density at radius 3 is 1.62 bits per heavy atom. The predicted molar refractivity (Wildman–Crippen MR) is 237 cm³/mol. The van der Waals surface area contributed by atoms with Crippen LogP contribution in [0.1, 0.15) is 0 Å². The van der Waals surface area contributed by atoms with Crippen molar-refractivity contribution >= 4 is 53.9 Å². The first kappa shape index (κ1) is 32.0. The lowest BCUT2D eigenvalue weighted by Crippen LogP contribution is -1.96. The Labute approximate surface area is 325 Å². The van der Waals surface area contributed by atoms with Gasteiger partial charge in [0.15, 0.2) is 5.82 Å². The van der Waals surface area contributed by atoms with Crippen LogP contribution >= 0.6 is 0 Å². The molecule has 0 saturated carbocycles. The van der Waals surface area contributed by atoms with E-state index in [1.54, 1.807) is 0 Å². The van der Waals surface area contributed by atoms with Crippen LogP contribution in [0.5, 0.6) is 0 Å². The minimum absolute atomic E-state index is 0.717. The number of nitrogens with zero attached hydrogens (tertiary/aromatic N) is 2. The number of hydrogen-bond acceptors (Lipinski definition) is 2. The number of aromatic nitrogens is 2. The van der Waals surface area contributed by atoms with Gasteiger partial charge < -0.3 is 0 Å². The molecule has 0 atom stereocenters. The van der Waals surface area contributed by atoms with Crippen LogP contribution in [0.4, 0.5) is 0 Å². The van der Waals surface area contributed by atoms with Gasteiger partial charge in [-0.25, -0.2) is 9.97 Å². The van der Waals surface area contributed by atoms with Crippen LogP contribution in [0, 0.1) is 0 Å². The third-order valence-electron chi connectivity index (χ3n) is 11.2. The summed E-state index contributed by atoms with van der Waals surface area (Å²) in [6.45, 7) is 0. The number of fused-ring (bicyclic) bond motifs is 6. The van der Waals surface area contributed by atoms with Gasteiger partial charge in [-0.05, 0) is 100 Å². The number of rotatable bonds is 5. The minimum atomic E-state index is 0.717. The second kappa shape index (κ2) is 13.2. The monoisotopic (exact) mass is 710 g/mol. The molecule has 56 heavy (non-hydrogen) atoms. The maximum atomic E-state index is 5.13. The maximum Gasteiger partial charge on any atom is 0.160 e. The molecule has 0 radical (unpaired) electrons. The zero-order chi connectivity index (χ0) is 37.0. The normalized spacial score (nSPS) is 11.6. The SMILES string of the molecule is c1ccc(-c2nc(-c3ccc4cc(-c5ccc(-c6c7ccccc7cc7c6ccc6ccccc67)cc5)ccc4c3)cc(-c3cccc4ccccc34)n2)cc1. The Morgan fingerprint density at radius 1 is 0.250 bits per heavy atom. The van der Waals surface area contributed by atoms with E-state index in [4.69, 9.17) is 9.97 Å². The molecule has 10 aromatic carbocycles. The lowest BCUT2D eigenvalue weighted by Gasteiger charge is -2.15. The second-order valence-corrected chi connectivity index (χ2v) is 14.6. The molecule has 11 aromatic rings. The fraction of sp³-hybridized carbons (Fsp3) is 0. The highest BCUT2D eigenvalue weighted by atomic mass is 14.9. The third kappa shape index (κ3) is 5.51. The van der Waals surface area contributed by atoms with Crippen LogP contribution < -0.4 is 0 Å². The molecule has 0 bridgehead atoms. The highest BCUT2D eigenvalue weighted by Gasteiger charge is 2.15. The van der Waals surface area contributed by atoms with Gasteiger partial charge in [-0.2, -0.15) is 0 Å². The average Bonchev–Trinajstić information content (AvgIpc) is 3.28. The van der Waals surface area contributed by atoms with Crippen molar-refractivity contribution in [3.63, 3.8) is 0 Å². The molecule has 2 nitrogen and oxygen atoms in total. The van der Waals surface area contributed by atoms with E-state index < -0.39 is 0 Å². The lowest BCUT2D eigenvalue weighted by atomic mass is 9.89. The Bertz CT molecular complexity index is 3290. The maximum absolute atomic E-state index is 5.13. The van der Waals surface area contributed by atoms with E-state index in [2.05, 4.69) is 188 Å². The summed E-state index contributed by atoms with van der Waals surface area (Å²) in [5, 5.41) is 12.4. The van der Waals surface area contributed by atoms with Crippen molar-refractivity contribution in [3.05, 3.63) is 206 Å². The van der Waals surface area contributed by atoms with Gasteiger partial charge in [-0.3, -0.25) is 0 Å². The highest BCUT2D eigenvalue weighted by molar-refractivity contribution is 6.20. The van der Waals surface area contributed by atoms with Gasteiger partial charge in [0, 0.05) is 16.7 Å². The lowest BCUT2D eigenvalue weighted by molar-refractivity contribution is 1.19. The van der Waals surface area contributed by atoms with E-state index in [0.717, 1.165) is 33.9 Å². The van der Waals surface area contributed by atoms with Crippen LogP contribution in [-0.2, 0) is 0 Å².